The molecule has 7 nitrogen and oxygen atoms in total. The SMILES string of the molecule is C[C@@H]1CN(c2cc(F)c(OC(F)F)c(Cl)c2)[C@H]2CCCC[C@@H]2N1.O=C(O)C(=O)O. The molecule has 2 fully saturated rings. The second-order valence-corrected chi connectivity index (χ2v) is 7.31. The maximum atomic E-state index is 14.2. The fourth-order valence-corrected chi connectivity index (χ4v) is 3.98. The number of hydrogen-bond donors (Lipinski definition) is 3. The van der Waals surface area contributed by atoms with Crippen LogP contribution in [0.3, 0.4) is 0 Å². The molecular formula is C18H22ClF3N2O5. The Morgan fingerprint density at radius 1 is 1.24 bits per heavy atom. The summed E-state index contributed by atoms with van der Waals surface area (Å²) in [5.41, 5.74) is 0.624. The van der Waals surface area contributed by atoms with Crippen LogP contribution in [-0.2, 0) is 9.59 Å². The number of ether oxygens (including phenoxy) is 1. The van der Waals surface area contributed by atoms with Crippen LogP contribution in [0.4, 0.5) is 18.9 Å². The van der Waals surface area contributed by atoms with Crippen molar-refractivity contribution in [2.75, 3.05) is 11.4 Å². The Hall–Kier alpha value is -2.20. The lowest BCUT2D eigenvalue weighted by Gasteiger charge is -2.48. The Morgan fingerprint density at radius 2 is 1.86 bits per heavy atom. The van der Waals surface area contributed by atoms with Crippen molar-refractivity contribution in [1.29, 1.82) is 0 Å². The summed E-state index contributed by atoms with van der Waals surface area (Å²) >= 11 is 5.97. The minimum Gasteiger partial charge on any atom is -0.473 e. The van der Waals surface area contributed by atoms with Crippen molar-refractivity contribution in [3.8, 4) is 5.75 Å². The van der Waals surface area contributed by atoms with E-state index in [1.165, 1.54) is 18.6 Å². The third kappa shape index (κ3) is 6.14. The van der Waals surface area contributed by atoms with Gasteiger partial charge < -0.3 is 25.2 Å². The highest BCUT2D eigenvalue weighted by Crippen LogP contribution is 2.37. The lowest BCUT2D eigenvalue weighted by molar-refractivity contribution is -0.159. The molecule has 1 heterocycles. The smallest absolute Gasteiger partial charge is 0.414 e. The molecular weight excluding hydrogens is 417 g/mol. The zero-order valence-corrected chi connectivity index (χ0v) is 16.3. The van der Waals surface area contributed by atoms with Crippen LogP contribution in [0.1, 0.15) is 32.6 Å². The Labute approximate surface area is 170 Å². The normalized spacial score (nSPS) is 23.7. The van der Waals surface area contributed by atoms with Crippen molar-refractivity contribution in [2.45, 2.75) is 57.3 Å². The molecule has 0 amide bonds. The predicted octanol–water partition coefficient (Wildman–Crippen LogP) is 3.35. The van der Waals surface area contributed by atoms with Gasteiger partial charge in [0, 0.05) is 36.4 Å². The molecule has 3 N–H and O–H groups in total. The summed E-state index contributed by atoms with van der Waals surface area (Å²) in [5.74, 6) is -5.09. The molecule has 1 saturated heterocycles. The first kappa shape index (κ1) is 23.1. The van der Waals surface area contributed by atoms with Gasteiger partial charge in [-0.2, -0.15) is 8.78 Å². The van der Waals surface area contributed by atoms with Crippen LogP contribution in [0.5, 0.6) is 5.75 Å². The number of carboxylic acids is 2. The van der Waals surface area contributed by atoms with Crippen LogP contribution >= 0.6 is 11.6 Å². The van der Waals surface area contributed by atoms with Gasteiger partial charge in [0.1, 0.15) is 0 Å². The highest BCUT2D eigenvalue weighted by atomic mass is 35.5. The minimum absolute atomic E-state index is 0.126. The van der Waals surface area contributed by atoms with Gasteiger partial charge in [-0.3, -0.25) is 0 Å². The third-order valence-corrected chi connectivity index (χ3v) is 5.08. The van der Waals surface area contributed by atoms with Crippen LogP contribution in [-0.4, -0.2) is 53.4 Å². The predicted molar refractivity (Wildman–Crippen MR) is 99.3 cm³/mol. The molecule has 1 aliphatic carbocycles. The molecule has 3 rings (SSSR count). The zero-order valence-electron chi connectivity index (χ0n) is 15.6. The summed E-state index contributed by atoms with van der Waals surface area (Å²) < 4.78 is 43.0. The average molecular weight is 439 g/mol. The van der Waals surface area contributed by atoms with E-state index in [0.29, 0.717) is 11.7 Å². The van der Waals surface area contributed by atoms with E-state index in [0.717, 1.165) is 25.8 Å². The number of nitrogens with zero attached hydrogens (tertiary/aromatic N) is 1. The Morgan fingerprint density at radius 3 is 2.41 bits per heavy atom. The van der Waals surface area contributed by atoms with Gasteiger partial charge in [-0.25, -0.2) is 14.0 Å². The molecule has 1 aromatic rings. The molecule has 0 unspecified atom stereocenters. The fourth-order valence-electron chi connectivity index (χ4n) is 3.74. The monoisotopic (exact) mass is 438 g/mol. The summed E-state index contributed by atoms with van der Waals surface area (Å²) in [4.78, 5) is 20.3. The summed E-state index contributed by atoms with van der Waals surface area (Å²) in [5, 5.41) is 18.2. The van der Waals surface area contributed by atoms with Gasteiger partial charge >= 0.3 is 18.6 Å². The molecule has 0 aromatic heterocycles. The molecule has 3 atom stereocenters. The van der Waals surface area contributed by atoms with Crippen molar-refractivity contribution in [1.82, 2.24) is 5.32 Å². The lowest BCUT2D eigenvalue weighted by atomic mass is 9.86. The Bertz CT molecular complexity index is 717. The first-order chi connectivity index (χ1) is 13.6. The molecule has 1 saturated carbocycles. The van der Waals surface area contributed by atoms with Gasteiger partial charge in [-0.05, 0) is 25.8 Å². The molecule has 2 aliphatic rings. The van der Waals surface area contributed by atoms with Crippen LogP contribution in [0, 0.1) is 5.82 Å². The van der Waals surface area contributed by atoms with Crippen molar-refractivity contribution in [2.24, 2.45) is 0 Å². The number of rotatable bonds is 3. The first-order valence-corrected chi connectivity index (χ1v) is 9.40. The Balaban J connectivity index is 0.000000438. The number of hydrogen-bond acceptors (Lipinski definition) is 5. The highest BCUT2D eigenvalue weighted by Gasteiger charge is 2.36. The van der Waals surface area contributed by atoms with E-state index in [2.05, 4.69) is 21.9 Å². The topological polar surface area (TPSA) is 99.1 Å². The number of anilines is 1. The number of piperazine rings is 1. The van der Waals surface area contributed by atoms with Gasteiger partial charge in [0.2, 0.25) is 0 Å². The summed E-state index contributed by atoms with van der Waals surface area (Å²) in [6, 6.07) is 3.68. The largest absolute Gasteiger partial charge is 0.473 e. The molecule has 0 radical (unpaired) electrons. The standard InChI is InChI=1S/C16H20ClF3N2O.C2H2O4/c1-9-8-22(14-5-3-2-4-13(14)21-9)10-6-11(17)15(12(18)7-10)23-16(19)20;3-1(4)2(5)6/h6-7,9,13-14,16,21H,2-5,8H2,1H3;(H,3,4)(H,5,6)/t9-,13+,14+;/m1./s1. The molecule has 1 aliphatic heterocycles. The van der Waals surface area contributed by atoms with Gasteiger partial charge in [0.05, 0.1) is 5.02 Å². The molecule has 0 bridgehead atoms. The molecule has 11 heteroatoms. The number of halogens is 4. The van der Waals surface area contributed by atoms with Crippen LogP contribution in [0.25, 0.3) is 0 Å². The second-order valence-electron chi connectivity index (χ2n) is 6.91. The average Bonchev–Trinajstić information content (AvgIpc) is 2.64. The number of carbonyl (C=O) groups is 2. The molecule has 0 spiro atoms. The maximum absolute atomic E-state index is 14.2. The number of benzene rings is 1. The zero-order chi connectivity index (χ0) is 21.7. The van der Waals surface area contributed by atoms with Crippen molar-refractivity contribution < 1.29 is 37.7 Å². The van der Waals surface area contributed by atoms with Crippen LogP contribution < -0.4 is 15.0 Å². The lowest BCUT2D eigenvalue weighted by Crippen LogP contribution is -2.62. The number of carboxylic acid groups (broad SMARTS) is 2. The third-order valence-electron chi connectivity index (χ3n) is 4.80. The van der Waals surface area contributed by atoms with Gasteiger partial charge in [0.15, 0.2) is 11.6 Å². The van der Waals surface area contributed by atoms with Crippen molar-refractivity contribution in [3.05, 3.63) is 23.0 Å². The quantitative estimate of drug-likeness (QED) is 0.622. The number of nitrogens with one attached hydrogen (secondary N) is 1. The fraction of sp³-hybridized carbons (Fsp3) is 0.556. The second kappa shape index (κ2) is 10.0. The van der Waals surface area contributed by atoms with E-state index < -0.39 is 30.1 Å². The summed E-state index contributed by atoms with van der Waals surface area (Å²) in [6.07, 6.45) is 4.44. The van der Waals surface area contributed by atoms with E-state index in [9.17, 15) is 13.2 Å². The van der Waals surface area contributed by atoms with Crippen molar-refractivity contribution >= 4 is 29.2 Å². The van der Waals surface area contributed by atoms with Gasteiger partial charge in [0.25, 0.3) is 0 Å². The minimum atomic E-state index is -3.10. The molecule has 162 valence electrons. The van der Waals surface area contributed by atoms with Crippen molar-refractivity contribution in [3.63, 3.8) is 0 Å². The van der Waals surface area contributed by atoms with E-state index >= 15 is 0 Å². The van der Waals surface area contributed by atoms with Crippen LogP contribution in [0.15, 0.2) is 12.1 Å². The van der Waals surface area contributed by atoms with E-state index in [4.69, 9.17) is 31.4 Å². The van der Waals surface area contributed by atoms with Gasteiger partial charge in [-0.1, -0.05) is 24.4 Å². The Kier molecular flexibility index (Phi) is 7.97. The first-order valence-electron chi connectivity index (χ1n) is 9.03. The van der Waals surface area contributed by atoms with E-state index in [1.54, 1.807) is 0 Å². The maximum Gasteiger partial charge on any atom is 0.414 e. The molecule has 1 aromatic carbocycles. The molecule has 29 heavy (non-hydrogen) atoms. The summed E-state index contributed by atoms with van der Waals surface area (Å²) in [7, 11) is 0. The number of fused-ring (bicyclic) bond motifs is 1. The van der Waals surface area contributed by atoms with E-state index in [1.807, 2.05) is 0 Å². The van der Waals surface area contributed by atoms with Crippen LogP contribution in [0.2, 0.25) is 5.02 Å². The number of alkyl halides is 2. The van der Waals surface area contributed by atoms with E-state index in [-0.39, 0.29) is 17.1 Å². The highest BCUT2D eigenvalue weighted by molar-refractivity contribution is 6.32. The van der Waals surface area contributed by atoms with Gasteiger partial charge in [-0.15, -0.1) is 0 Å². The summed E-state index contributed by atoms with van der Waals surface area (Å²) in [6.45, 7) is -0.287. The number of aliphatic carboxylic acids is 2.